The number of azo groups is 1. The van der Waals surface area contributed by atoms with E-state index in [1.807, 2.05) is 48.5 Å². The molecule has 0 aromatic heterocycles. The van der Waals surface area contributed by atoms with Crippen molar-refractivity contribution >= 4 is 11.4 Å². The fourth-order valence-corrected chi connectivity index (χ4v) is 1.59. The molecular weight excluding hydrogens is 208 g/mol. The summed E-state index contributed by atoms with van der Waals surface area (Å²) < 4.78 is 0. The first kappa shape index (κ1) is 11.5. The average molecular weight is 223 g/mol. The molecule has 0 spiro atoms. The van der Waals surface area contributed by atoms with Crippen molar-refractivity contribution in [3.8, 4) is 0 Å². The van der Waals surface area contributed by atoms with Gasteiger partial charge in [-0.05, 0) is 23.8 Å². The van der Waals surface area contributed by atoms with Crippen LogP contribution in [0.25, 0.3) is 0 Å². The highest BCUT2D eigenvalue weighted by molar-refractivity contribution is 5.52. The zero-order valence-corrected chi connectivity index (χ0v) is 10.1. The van der Waals surface area contributed by atoms with Crippen LogP contribution in [0.2, 0.25) is 0 Å². The molecule has 85 valence electrons. The summed E-state index contributed by atoms with van der Waals surface area (Å²) in [7, 11) is 0. The summed E-state index contributed by atoms with van der Waals surface area (Å²) in [5.74, 6) is 1.24. The van der Waals surface area contributed by atoms with Gasteiger partial charge in [0, 0.05) is 5.92 Å². The molecule has 1 radical (unpaired) electrons. The number of hydrogen-bond donors (Lipinski definition) is 0. The van der Waals surface area contributed by atoms with Crippen LogP contribution in [0.5, 0.6) is 0 Å². The lowest BCUT2D eigenvalue weighted by Gasteiger charge is -2.06. The smallest absolute Gasteiger partial charge is 0.0894 e. The van der Waals surface area contributed by atoms with E-state index in [4.69, 9.17) is 0 Å². The van der Waals surface area contributed by atoms with Crippen LogP contribution in [-0.2, 0) is 0 Å². The first-order valence-electron chi connectivity index (χ1n) is 5.64. The number of rotatable bonds is 3. The molecule has 0 heterocycles. The fraction of sp³-hybridized carbons (Fsp3) is 0.133. The first-order valence-corrected chi connectivity index (χ1v) is 5.64. The molecule has 2 heteroatoms. The summed E-state index contributed by atoms with van der Waals surface area (Å²) in [5.41, 5.74) is 2.93. The molecule has 0 aliphatic carbocycles. The van der Waals surface area contributed by atoms with Gasteiger partial charge in [-0.1, -0.05) is 50.2 Å². The molecular formula is C15H15N2. The first-order chi connectivity index (χ1) is 8.27. The van der Waals surface area contributed by atoms with Crippen LogP contribution >= 0.6 is 0 Å². The van der Waals surface area contributed by atoms with E-state index in [0.717, 1.165) is 16.9 Å². The molecule has 0 unspecified atom stereocenters. The molecule has 0 saturated heterocycles. The highest BCUT2D eigenvalue weighted by Crippen LogP contribution is 2.27. The maximum atomic E-state index is 4.30. The van der Waals surface area contributed by atoms with Gasteiger partial charge in [0.15, 0.2) is 0 Å². The van der Waals surface area contributed by atoms with E-state index in [1.165, 1.54) is 5.92 Å². The molecule has 0 saturated carbocycles. The summed E-state index contributed by atoms with van der Waals surface area (Å²) >= 11 is 0. The molecule has 0 bridgehead atoms. The maximum absolute atomic E-state index is 4.30. The Labute approximate surface area is 102 Å². The van der Waals surface area contributed by atoms with Crippen molar-refractivity contribution in [2.45, 2.75) is 13.8 Å². The van der Waals surface area contributed by atoms with Gasteiger partial charge >= 0.3 is 0 Å². The number of nitrogens with zero attached hydrogens (tertiary/aromatic N) is 2. The third-order valence-electron chi connectivity index (χ3n) is 2.47. The zero-order valence-electron chi connectivity index (χ0n) is 10.1. The van der Waals surface area contributed by atoms with E-state index in [9.17, 15) is 0 Å². The third kappa shape index (κ3) is 3.00. The van der Waals surface area contributed by atoms with Crippen molar-refractivity contribution in [2.75, 3.05) is 0 Å². The second kappa shape index (κ2) is 5.39. The van der Waals surface area contributed by atoms with Crippen LogP contribution in [0.3, 0.4) is 0 Å². The normalized spacial score (nSPS) is 11.2. The van der Waals surface area contributed by atoms with Crippen molar-refractivity contribution < 1.29 is 0 Å². The molecule has 2 aromatic carbocycles. The molecule has 0 aliphatic heterocycles. The molecule has 0 amide bonds. The molecule has 2 rings (SSSR count). The Kier molecular flexibility index (Phi) is 3.66. The Morgan fingerprint density at radius 2 is 1.41 bits per heavy atom. The number of hydrogen-bond acceptors (Lipinski definition) is 2. The lowest BCUT2D eigenvalue weighted by Crippen LogP contribution is -1.87. The van der Waals surface area contributed by atoms with Gasteiger partial charge in [-0.2, -0.15) is 10.2 Å². The van der Waals surface area contributed by atoms with Gasteiger partial charge in [-0.25, -0.2) is 0 Å². The average Bonchev–Trinajstić information content (AvgIpc) is 2.38. The molecule has 0 N–H and O–H groups in total. The maximum Gasteiger partial charge on any atom is 0.0894 e. The lowest BCUT2D eigenvalue weighted by molar-refractivity contribution is 1.12. The van der Waals surface area contributed by atoms with Gasteiger partial charge in [0.2, 0.25) is 0 Å². The standard InChI is InChI=1S/C15H15N2/c1-12(2)14-10-6-7-11-15(14)17-16-13-8-4-3-5-9-13/h3-11H,1-2H3. The van der Waals surface area contributed by atoms with Gasteiger partial charge in [-0.15, -0.1) is 0 Å². The Hall–Kier alpha value is -1.96. The SMILES string of the molecule is C[C](C)c1ccccc1N=Nc1ccccc1. The minimum atomic E-state index is 0.871. The molecule has 2 nitrogen and oxygen atoms in total. The second-order valence-corrected chi connectivity index (χ2v) is 4.05. The highest BCUT2D eigenvalue weighted by atomic mass is 15.1. The summed E-state index contributed by atoms with van der Waals surface area (Å²) in [6.07, 6.45) is 0. The van der Waals surface area contributed by atoms with E-state index < -0.39 is 0 Å². The Morgan fingerprint density at radius 1 is 0.765 bits per heavy atom. The van der Waals surface area contributed by atoms with E-state index in [-0.39, 0.29) is 0 Å². The van der Waals surface area contributed by atoms with Crippen molar-refractivity contribution in [3.05, 3.63) is 66.1 Å². The van der Waals surface area contributed by atoms with Crippen LogP contribution in [0.1, 0.15) is 19.4 Å². The van der Waals surface area contributed by atoms with Crippen LogP contribution in [0.15, 0.2) is 64.8 Å². The monoisotopic (exact) mass is 223 g/mol. The fourth-order valence-electron chi connectivity index (χ4n) is 1.59. The largest absolute Gasteiger partial charge is 0.151 e. The summed E-state index contributed by atoms with van der Waals surface area (Å²) in [5, 5.41) is 8.53. The Morgan fingerprint density at radius 3 is 2.12 bits per heavy atom. The van der Waals surface area contributed by atoms with Crippen LogP contribution < -0.4 is 0 Å². The van der Waals surface area contributed by atoms with Crippen molar-refractivity contribution in [1.82, 2.24) is 0 Å². The van der Waals surface area contributed by atoms with Crippen molar-refractivity contribution in [3.63, 3.8) is 0 Å². The highest BCUT2D eigenvalue weighted by Gasteiger charge is 2.04. The van der Waals surface area contributed by atoms with Crippen LogP contribution in [0.4, 0.5) is 11.4 Å². The quantitative estimate of drug-likeness (QED) is 0.649. The predicted molar refractivity (Wildman–Crippen MR) is 70.8 cm³/mol. The van der Waals surface area contributed by atoms with Crippen molar-refractivity contribution in [2.24, 2.45) is 10.2 Å². The molecule has 2 aromatic rings. The Balaban J connectivity index is 2.27. The summed E-state index contributed by atoms with van der Waals surface area (Å²) in [6, 6.07) is 17.8. The lowest BCUT2D eigenvalue weighted by atomic mass is 10.0. The summed E-state index contributed by atoms with van der Waals surface area (Å²) in [6.45, 7) is 4.16. The zero-order chi connectivity index (χ0) is 12.1. The van der Waals surface area contributed by atoms with E-state index in [2.05, 4.69) is 30.1 Å². The van der Waals surface area contributed by atoms with E-state index in [0.29, 0.717) is 0 Å². The molecule has 0 aliphatic rings. The van der Waals surface area contributed by atoms with E-state index in [1.54, 1.807) is 0 Å². The minimum Gasteiger partial charge on any atom is -0.151 e. The van der Waals surface area contributed by atoms with Gasteiger partial charge < -0.3 is 0 Å². The van der Waals surface area contributed by atoms with Gasteiger partial charge in [0.1, 0.15) is 0 Å². The topological polar surface area (TPSA) is 24.7 Å². The number of benzene rings is 2. The molecule has 0 fully saturated rings. The van der Waals surface area contributed by atoms with Crippen molar-refractivity contribution in [1.29, 1.82) is 0 Å². The molecule has 17 heavy (non-hydrogen) atoms. The Bertz CT molecular complexity index is 501. The summed E-state index contributed by atoms with van der Waals surface area (Å²) in [4.78, 5) is 0. The predicted octanol–water partition coefficient (Wildman–Crippen LogP) is 5.06. The second-order valence-electron chi connectivity index (χ2n) is 4.05. The van der Waals surface area contributed by atoms with E-state index >= 15 is 0 Å². The van der Waals surface area contributed by atoms with Gasteiger partial charge in [0.05, 0.1) is 11.4 Å². The van der Waals surface area contributed by atoms with Gasteiger partial charge in [0.25, 0.3) is 0 Å². The van der Waals surface area contributed by atoms with Gasteiger partial charge in [-0.3, -0.25) is 0 Å². The minimum absolute atomic E-state index is 0.871. The third-order valence-corrected chi connectivity index (χ3v) is 2.47. The van der Waals surface area contributed by atoms with Crippen LogP contribution in [-0.4, -0.2) is 0 Å². The molecule has 0 atom stereocenters. The van der Waals surface area contributed by atoms with Crippen LogP contribution in [0, 0.1) is 5.92 Å².